The first-order valence-electron chi connectivity index (χ1n) is 15.8. The number of carbonyl (C=O) groups is 2. The van der Waals surface area contributed by atoms with Crippen LogP contribution in [0.4, 0.5) is 11.4 Å². The Bertz CT molecular complexity index is 1890. The van der Waals surface area contributed by atoms with E-state index in [1.165, 1.54) is 22.9 Å². The number of ketones is 2. The molecule has 0 heterocycles. The normalized spacial score (nSPS) is 13.2. The molecule has 5 aromatic carbocycles. The second-order valence-electron chi connectivity index (χ2n) is 12.9. The van der Waals surface area contributed by atoms with Gasteiger partial charge in [0.25, 0.3) is 0 Å². The lowest BCUT2D eigenvalue weighted by molar-refractivity contribution is 0.0977. The summed E-state index contributed by atoms with van der Waals surface area (Å²) in [5.74, 6) is 0.968. The van der Waals surface area contributed by atoms with E-state index in [-0.39, 0.29) is 17.0 Å². The van der Waals surface area contributed by atoms with E-state index in [1.807, 2.05) is 60.7 Å². The van der Waals surface area contributed by atoms with Crippen molar-refractivity contribution in [3.63, 3.8) is 0 Å². The first-order valence-corrected chi connectivity index (χ1v) is 16.7. The molecule has 0 fully saturated rings. The van der Waals surface area contributed by atoms with Crippen molar-refractivity contribution in [2.24, 2.45) is 0 Å². The van der Waals surface area contributed by atoms with Gasteiger partial charge < -0.3 is 10.1 Å². The Morgan fingerprint density at radius 1 is 0.739 bits per heavy atom. The molecule has 0 saturated carbocycles. The fraction of sp³-hybridized carbons (Fsp3) is 0.220. The summed E-state index contributed by atoms with van der Waals surface area (Å²) in [6, 6.07) is 35.6. The summed E-state index contributed by atoms with van der Waals surface area (Å²) >= 11 is 1.48. The van der Waals surface area contributed by atoms with E-state index in [2.05, 4.69) is 76.3 Å². The molecule has 0 radical (unpaired) electrons. The monoisotopic (exact) mass is 625 g/mol. The number of benzene rings is 5. The highest BCUT2D eigenvalue weighted by Gasteiger charge is 2.33. The van der Waals surface area contributed by atoms with Crippen LogP contribution < -0.4 is 10.1 Å². The van der Waals surface area contributed by atoms with Gasteiger partial charge in [-0.05, 0) is 83.0 Å². The van der Waals surface area contributed by atoms with Gasteiger partial charge in [0.15, 0.2) is 11.6 Å². The maximum atomic E-state index is 14.0. The van der Waals surface area contributed by atoms with Crippen molar-refractivity contribution >= 4 is 34.7 Å². The highest BCUT2D eigenvalue weighted by Crippen LogP contribution is 2.40. The molecule has 5 heteroatoms. The minimum Gasteiger partial charge on any atom is -0.489 e. The number of carbonyl (C=O) groups excluding carboxylic acids is 2. The summed E-state index contributed by atoms with van der Waals surface area (Å²) < 4.78 is 6.04. The molecule has 0 aromatic heterocycles. The number of fused-ring (bicyclic) bond motifs is 2. The molecule has 1 atom stereocenters. The molecule has 1 N–H and O–H groups in total. The molecule has 1 unspecified atom stereocenters. The lowest BCUT2D eigenvalue weighted by Crippen LogP contribution is -2.23. The Morgan fingerprint density at radius 2 is 1.37 bits per heavy atom. The van der Waals surface area contributed by atoms with Crippen LogP contribution in [0.3, 0.4) is 0 Å². The molecule has 1 aliphatic carbocycles. The van der Waals surface area contributed by atoms with Gasteiger partial charge >= 0.3 is 0 Å². The Labute approximate surface area is 276 Å². The number of nitrogens with one attached hydrogen (secondary N) is 1. The summed E-state index contributed by atoms with van der Waals surface area (Å²) in [6.45, 7) is 11.5. The first kappa shape index (κ1) is 31.4. The third-order valence-electron chi connectivity index (χ3n) is 8.68. The summed E-state index contributed by atoms with van der Waals surface area (Å²) in [7, 11) is 0. The summed E-state index contributed by atoms with van der Waals surface area (Å²) in [6.07, 6.45) is 1.07. The van der Waals surface area contributed by atoms with E-state index in [0.29, 0.717) is 40.5 Å². The average molecular weight is 626 g/mol. The number of rotatable bonds is 9. The highest BCUT2D eigenvalue weighted by molar-refractivity contribution is 7.99. The molecule has 4 nitrogen and oxygen atoms in total. The summed E-state index contributed by atoms with van der Waals surface area (Å²) in [5, 5.41) is 3.40. The smallest absolute Gasteiger partial charge is 0.196 e. The van der Waals surface area contributed by atoms with Gasteiger partial charge in [0.05, 0.1) is 11.3 Å². The van der Waals surface area contributed by atoms with E-state index in [0.717, 1.165) is 33.2 Å². The molecule has 0 saturated heterocycles. The van der Waals surface area contributed by atoms with Crippen molar-refractivity contribution in [3.05, 3.63) is 148 Å². The molecule has 1 aliphatic rings. The number of anilines is 2. The van der Waals surface area contributed by atoms with E-state index in [9.17, 15) is 9.59 Å². The zero-order chi connectivity index (χ0) is 32.4. The maximum Gasteiger partial charge on any atom is 0.196 e. The van der Waals surface area contributed by atoms with Crippen LogP contribution in [-0.4, -0.2) is 11.6 Å². The molecule has 232 valence electrons. The largest absolute Gasteiger partial charge is 0.489 e. The predicted octanol–water partition coefficient (Wildman–Crippen LogP) is 10.7. The number of hydrogen-bond donors (Lipinski definition) is 1. The van der Waals surface area contributed by atoms with Crippen molar-refractivity contribution in [1.82, 2.24) is 0 Å². The average Bonchev–Trinajstić information content (AvgIpc) is 3.06. The molecular formula is C41H39NO3S. The van der Waals surface area contributed by atoms with Crippen molar-refractivity contribution in [2.45, 2.75) is 68.8 Å². The maximum absolute atomic E-state index is 14.0. The second kappa shape index (κ2) is 13.0. The molecule has 0 bridgehead atoms. The number of ether oxygens (including phenoxy) is 1. The fourth-order valence-corrected chi connectivity index (χ4v) is 6.66. The topological polar surface area (TPSA) is 55.4 Å². The van der Waals surface area contributed by atoms with Crippen LogP contribution in [0.25, 0.3) is 0 Å². The summed E-state index contributed by atoms with van der Waals surface area (Å²) in [4.78, 5) is 29.6. The third kappa shape index (κ3) is 6.52. The van der Waals surface area contributed by atoms with Crippen LogP contribution in [0.15, 0.2) is 119 Å². The van der Waals surface area contributed by atoms with Crippen molar-refractivity contribution in [1.29, 1.82) is 0 Å². The Kier molecular flexibility index (Phi) is 8.88. The van der Waals surface area contributed by atoms with Crippen LogP contribution in [0.5, 0.6) is 5.75 Å². The molecule has 46 heavy (non-hydrogen) atoms. The quantitative estimate of drug-likeness (QED) is 0.173. The number of hydrogen-bond acceptors (Lipinski definition) is 5. The Hall–Kier alpha value is -4.61. The van der Waals surface area contributed by atoms with E-state index in [1.54, 1.807) is 12.1 Å². The van der Waals surface area contributed by atoms with Crippen molar-refractivity contribution < 1.29 is 14.3 Å². The SMILES string of the molecule is CCC(C)c1ccc(Nc2cccc3c2C(=O)c2cccc(Sc4ccc(OCc5ccc(C(C)(C)C)cc5)cc4)c2C3=O)cc1. The molecule has 0 aliphatic heterocycles. The van der Waals surface area contributed by atoms with E-state index >= 15 is 0 Å². The van der Waals surface area contributed by atoms with Crippen LogP contribution in [-0.2, 0) is 12.0 Å². The van der Waals surface area contributed by atoms with Gasteiger partial charge in [-0.1, -0.05) is 107 Å². The van der Waals surface area contributed by atoms with Crippen LogP contribution >= 0.6 is 11.8 Å². The van der Waals surface area contributed by atoms with E-state index < -0.39 is 0 Å². The van der Waals surface area contributed by atoms with Gasteiger partial charge in [-0.2, -0.15) is 0 Å². The van der Waals surface area contributed by atoms with E-state index in [4.69, 9.17) is 4.74 Å². The molecule has 6 rings (SSSR count). The van der Waals surface area contributed by atoms with Gasteiger partial charge in [0.1, 0.15) is 12.4 Å². The lowest BCUT2D eigenvalue weighted by Gasteiger charge is -2.23. The minimum atomic E-state index is -0.148. The molecular weight excluding hydrogens is 587 g/mol. The standard InChI is InChI=1S/C41H39NO3S/c1-6-26(2)28-15-19-30(20-16-28)42-35-11-7-9-33-37(35)39(43)34-10-8-12-36(38(34)40(33)44)46-32-23-21-31(22-24-32)45-25-27-13-17-29(18-14-27)41(3,4)5/h7-24,26,42H,6,25H2,1-5H3. The van der Waals surface area contributed by atoms with Gasteiger partial charge in [-0.15, -0.1) is 0 Å². The van der Waals surface area contributed by atoms with Gasteiger partial charge in [0.2, 0.25) is 0 Å². The predicted molar refractivity (Wildman–Crippen MR) is 188 cm³/mol. The van der Waals surface area contributed by atoms with Crippen molar-refractivity contribution in [2.75, 3.05) is 5.32 Å². The molecule has 5 aromatic rings. The van der Waals surface area contributed by atoms with Gasteiger partial charge in [0, 0.05) is 32.2 Å². The second-order valence-corrected chi connectivity index (χ2v) is 14.0. The van der Waals surface area contributed by atoms with Crippen LogP contribution in [0.2, 0.25) is 0 Å². The van der Waals surface area contributed by atoms with Crippen molar-refractivity contribution in [3.8, 4) is 5.75 Å². The zero-order valence-corrected chi connectivity index (χ0v) is 27.8. The highest BCUT2D eigenvalue weighted by atomic mass is 32.2. The minimum absolute atomic E-state index is 0.118. The fourth-order valence-electron chi connectivity index (χ4n) is 5.68. The lowest BCUT2D eigenvalue weighted by atomic mass is 9.83. The Morgan fingerprint density at radius 3 is 2.02 bits per heavy atom. The molecule has 0 amide bonds. The Balaban J connectivity index is 1.18. The zero-order valence-electron chi connectivity index (χ0n) is 27.0. The van der Waals surface area contributed by atoms with Crippen LogP contribution in [0, 0.1) is 0 Å². The van der Waals surface area contributed by atoms with Crippen LogP contribution in [0.1, 0.15) is 95.5 Å². The van der Waals surface area contributed by atoms with Gasteiger partial charge in [-0.3, -0.25) is 9.59 Å². The van der Waals surface area contributed by atoms with Gasteiger partial charge in [-0.25, -0.2) is 0 Å². The first-order chi connectivity index (χ1) is 22.1. The third-order valence-corrected chi connectivity index (χ3v) is 9.75. The summed E-state index contributed by atoms with van der Waals surface area (Å²) in [5.41, 5.74) is 7.05. The molecule has 0 spiro atoms.